The predicted octanol–water partition coefficient (Wildman–Crippen LogP) is 2.84. The smallest absolute Gasteiger partial charge is 0.158 e. The Morgan fingerprint density at radius 1 is 1.50 bits per heavy atom. The van der Waals surface area contributed by atoms with Crippen molar-refractivity contribution in [3.05, 3.63) is 22.4 Å². The molecule has 2 heterocycles. The lowest BCUT2D eigenvalue weighted by molar-refractivity contribution is 0.652. The van der Waals surface area contributed by atoms with Crippen molar-refractivity contribution in [2.75, 3.05) is 0 Å². The predicted molar refractivity (Wildman–Crippen MR) is 58.2 cm³/mol. The van der Waals surface area contributed by atoms with E-state index in [-0.39, 0.29) is 0 Å². The largest absolute Gasteiger partial charge is 0.244 e. The second-order valence-corrected chi connectivity index (χ2v) is 4.70. The Hall–Kier alpha value is -0.900. The van der Waals surface area contributed by atoms with Crippen LogP contribution in [0.2, 0.25) is 0 Å². The van der Waals surface area contributed by atoms with E-state index >= 15 is 0 Å². The van der Waals surface area contributed by atoms with Crippen LogP contribution in [-0.4, -0.2) is 14.8 Å². The summed E-state index contributed by atoms with van der Waals surface area (Å²) < 4.78 is 3.08. The lowest BCUT2D eigenvalue weighted by atomic mass is 10.3. The van der Waals surface area contributed by atoms with Crippen molar-refractivity contribution in [3.63, 3.8) is 0 Å². The van der Waals surface area contributed by atoms with E-state index in [2.05, 4.69) is 36.8 Å². The van der Waals surface area contributed by atoms with Crippen LogP contribution in [-0.2, 0) is 0 Å². The molecule has 1 aliphatic rings. The van der Waals surface area contributed by atoms with Gasteiger partial charge in [-0.25, -0.2) is 9.67 Å². The average Bonchev–Trinajstić information content (AvgIpc) is 2.94. The molecule has 0 saturated heterocycles. The van der Waals surface area contributed by atoms with Gasteiger partial charge in [0.05, 0.1) is 11.7 Å². The summed E-state index contributed by atoms with van der Waals surface area (Å²) in [6, 6.07) is 2.68. The second-order valence-electron chi connectivity index (χ2n) is 3.79. The molecule has 1 aliphatic carbocycles. The van der Waals surface area contributed by atoms with E-state index in [1.165, 1.54) is 12.8 Å². The summed E-state index contributed by atoms with van der Waals surface area (Å²) in [6.45, 7) is 2.04. The maximum atomic E-state index is 4.53. The molecule has 0 radical (unpaired) electrons. The summed E-state index contributed by atoms with van der Waals surface area (Å²) in [5, 5.41) is 5.68. The van der Waals surface area contributed by atoms with Crippen molar-refractivity contribution in [3.8, 4) is 0 Å². The Kier molecular flexibility index (Phi) is 1.68. The van der Waals surface area contributed by atoms with Crippen molar-refractivity contribution in [1.82, 2.24) is 14.8 Å². The molecule has 0 amide bonds. The fourth-order valence-electron chi connectivity index (χ4n) is 1.72. The van der Waals surface area contributed by atoms with E-state index in [1.807, 2.05) is 13.1 Å². The minimum absolute atomic E-state index is 0.597. The fraction of sp³-hybridized carbons (Fsp3) is 0.400. The van der Waals surface area contributed by atoms with Crippen LogP contribution in [0.15, 0.2) is 16.7 Å². The number of hydrogen-bond donors (Lipinski definition) is 0. The van der Waals surface area contributed by atoms with Crippen molar-refractivity contribution < 1.29 is 0 Å². The third-order valence-corrected chi connectivity index (χ3v) is 3.02. The van der Waals surface area contributed by atoms with Crippen molar-refractivity contribution in [1.29, 1.82) is 0 Å². The van der Waals surface area contributed by atoms with E-state index in [0.29, 0.717) is 6.04 Å². The summed E-state index contributed by atoms with van der Waals surface area (Å²) >= 11 is 3.43. The van der Waals surface area contributed by atoms with Gasteiger partial charge in [-0.1, -0.05) is 0 Å². The van der Waals surface area contributed by atoms with E-state index in [4.69, 9.17) is 0 Å². The molecular weight excluding hydrogens is 242 g/mol. The minimum Gasteiger partial charge on any atom is -0.244 e. The lowest BCUT2D eigenvalue weighted by Crippen LogP contribution is -1.97. The van der Waals surface area contributed by atoms with E-state index < -0.39 is 0 Å². The van der Waals surface area contributed by atoms with Crippen LogP contribution < -0.4 is 0 Å². The topological polar surface area (TPSA) is 30.7 Å². The van der Waals surface area contributed by atoms with E-state index in [0.717, 1.165) is 21.2 Å². The van der Waals surface area contributed by atoms with Gasteiger partial charge in [-0.15, -0.1) is 0 Å². The zero-order valence-corrected chi connectivity index (χ0v) is 9.45. The van der Waals surface area contributed by atoms with Gasteiger partial charge in [-0.2, -0.15) is 5.10 Å². The Balaban J connectivity index is 2.32. The standard InChI is InChI=1S/C10H10BrN3/c1-6-9-4-7(11)5-12-10(9)14(13-6)8-2-3-8/h4-5,8H,2-3H2,1H3. The molecule has 0 N–H and O–H groups in total. The third kappa shape index (κ3) is 1.17. The summed E-state index contributed by atoms with van der Waals surface area (Å²) in [7, 11) is 0. The zero-order chi connectivity index (χ0) is 9.71. The molecule has 2 aromatic rings. The minimum atomic E-state index is 0.597. The van der Waals surface area contributed by atoms with Crippen molar-refractivity contribution in [2.45, 2.75) is 25.8 Å². The van der Waals surface area contributed by atoms with Crippen LogP contribution in [0.5, 0.6) is 0 Å². The maximum absolute atomic E-state index is 4.53. The van der Waals surface area contributed by atoms with Crippen LogP contribution in [0.25, 0.3) is 11.0 Å². The first-order chi connectivity index (χ1) is 6.75. The number of fused-ring (bicyclic) bond motifs is 1. The summed E-state index contributed by atoms with van der Waals surface area (Å²) in [6.07, 6.45) is 4.32. The molecule has 3 nitrogen and oxygen atoms in total. The van der Waals surface area contributed by atoms with Crippen LogP contribution >= 0.6 is 15.9 Å². The SMILES string of the molecule is Cc1nn(C2CC2)c2ncc(Br)cc12. The van der Waals surface area contributed by atoms with E-state index in [9.17, 15) is 0 Å². The summed E-state index contributed by atoms with van der Waals surface area (Å²) in [5.41, 5.74) is 2.09. The number of aryl methyl sites for hydroxylation is 1. The number of hydrogen-bond acceptors (Lipinski definition) is 2. The van der Waals surface area contributed by atoms with Gasteiger partial charge in [0.15, 0.2) is 5.65 Å². The summed E-state index contributed by atoms with van der Waals surface area (Å²) in [5.74, 6) is 0. The first-order valence-electron chi connectivity index (χ1n) is 4.76. The molecule has 2 aromatic heterocycles. The molecule has 1 saturated carbocycles. The quantitative estimate of drug-likeness (QED) is 0.781. The lowest BCUT2D eigenvalue weighted by Gasteiger charge is -1.97. The monoisotopic (exact) mass is 251 g/mol. The number of aromatic nitrogens is 3. The van der Waals surface area contributed by atoms with Gasteiger partial charge in [-0.3, -0.25) is 0 Å². The Bertz CT molecular complexity index is 499. The van der Waals surface area contributed by atoms with Gasteiger partial charge in [0.1, 0.15) is 0 Å². The normalized spacial score (nSPS) is 16.4. The van der Waals surface area contributed by atoms with Crippen LogP contribution in [0, 0.1) is 6.92 Å². The highest BCUT2D eigenvalue weighted by Gasteiger charge is 2.27. The third-order valence-electron chi connectivity index (χ3n) is 2.59. The van der Waals surface area contributed by atoms with Gasteiger partial charge in [-0.05, 0) is 41.8 Å². The van der Waals surface area contributed by atoms with Crippen molar-refractivity contribution in [2.24, 2.45) is 0 Å². The average molecular weight is 252 g/mol. The first-order valence-corrected chi connectivity index (χ1v) is 5.55. The molecule has 0 aliphatic heterocycles. The molecule has 0 atom stereocenters. The molecule has 3 rings (SSSR count). The first kappa shape index (κ1) is 8.41. The molecule has 1 fully saturated rings. The van der Waals surface area contributed by atoms with Gasteiger partial charge in [0.2, 0.25) is 0 Å². The molecule has 72 valence electrons. The fourth-order valence-corrected chi connectivity index (χ4v) is 2.05. The Morgan fingerprint density at radius 3 is 3.00 bits per heavy atom. The number of halogens is 1. The molecular formula is C10H10BrN3. The molecule has 0 bridgehead atoms. The van der Waals surface area contributed by atoms with Crippen molar-refractivity contribution >= 4 is 27.0 Å². The molecule has 14 heavy (non-hydrogen) atoms. The van der Waals surface area contributed by atoms with Crippen LogP contribution in [0.1, 0.15) is 24.6 Å². The highest BCUT2D eigenvalue weighted by atomic mass is 79.9. The van der Waals surface area contributed by atoms with E-state index in [1.54, 1.807) is 0 Å². The Labute approximate surface area is 90.3 Å². The number of rotatable bonds is 1. The van der Waals surface area contributed by atoms with Gasteiger partial charge in [0, 0.05) is 16.1 Å². The Morgan fingerprint density at radius 2 is 2.29 bits per heavy atom. The highest BCUT2D eigenvalue weighted by Crippen LogP contribution is 2.37. The molecule has 0 spiro atoms. The summed E-state index contributed by atoms with van der Waals surface area (Å²) in [4.78, 5) is 4.42. The molecule has 0 unspecified atom stereocenters. The number of pyridine rings is 1. The van der Waals surface area contributed by atoms with Gasteiger partial charge in [0.25, 0.3) is 0 Å². The van der Waals surface area contributed by atoms with Crippen LogP contribution in [0.4, 0.5) is 0 Å². The number of nitrogens with zero attached hydrogens (tertiary/aromatic N) is 3. The van der Waals surface area contributed by atoms with Crippen LogP contribution in [0.3, 0.4) is 0 Å². The molecule has 0 aromatic carbocycles. The maximum Gasteiger partial charge on any atom is 0.158 e. The highest BCUT2D eigenvalue weighted by molar-refractivity contribution is 9.10. The van der Waals surface area contributed by atoms with Gasteiger partial charge < -0.3 is 0 Å². The molecule has 4 heteroatoms. The zero-order valence-electron chi connectivity index (χ0n) is 7.87. The van der Waals surface area contributed by atoms with Gasteiger partial charge >= 0.3 is 0 Å². The second kappa shape index (κ2) is 2.79.